The Labute approximate surface area is 128 Å². The third-order valence-electron chi connectivity index (χ3n) is 2.89. The lowest BCUT2D eigenvalue weighted by Gasteiger charge is -2.12. The second-order valence-electron chi connectivity index (χ2n) is 4.51. The third-order valence-corrected chi connectivity index (χ3v) is 3.12. The summed E-state index contributed by atoms with van der Waals surface area (Å²) in [6, 6.07) is 16.2. The Balaban J connectivity index is 1.76. The summed E-state index contributed by atoms with van der Waals surface area (Å²) in [5.41, 5.74) is 1.55. The van der Waals surface area contributed by atoms with Crippen LogP contribution in [0.1, 0.15) is 17.2 Å². The molecule has 5 heteroatoms. The fourth-order valence-electron chi connectivity index (χ4n) is 1.79. The predicted molar refractivity (Wildman–Crippen MR) is 81.0 cm³/mol. The third kappa shape index (κ3) is 5.10. The van der Waals surface area contributed by atoms with Crippen molar-refractivity contribution >= 4 is 17.7 Å². The summed E-state index contributed by atoms with van der Waals surface area (Å²) in [6.07, 6.45) is -1.40. The highest BCUT2D eigenvalue weighted by Crippen LogP contribution is 2.17. The van der Waals surface area contributed by atoms with Gasteiger partial charge in [-0.1, -0.05) is 54.1 Å². The minimum atomic E-state index is -0.826. The summed E-state index contributed by atoms with van der Waals surface area (Å²) in [7, 11) is 0. The first-order valence-electron chi connectivity index (χ1n) is 6.53. The van der Waals surface area contributed by atoms with Crippen LogP contribution in [0.2, 0.25) is 5.02 Å². The summed E-state index contributed by atoms with van der Waals surface area (Å²) < 4.78 is 5.05. The average Bonchev–Trinajstić information content (AvgIpc) is 2.51. The molecule has 0 heterocycles. The molecule has 0 saturated carbocycles. The SMILES string of the molecule is O=C(NC[C@H](O)c1cccc(Cl)c1)OCc1ccccc1. The van der Waals surface area contributed by atoms with Crippen molar-refractivity contribution in [3.05, 3.63) is 70.7 Å². The van der Waals surface area contributed by atoms with Crippen LogP contribution in [-0.2, 0) is 11.3 Å². The van der Waals surface area contributed by atoms with Gasteiger partial charge in [0.25, 0.3) is 0 Å². The zero-order valence-corrected chi connectivity index (χ0v) is 12.1. The van der Waals surface area contributed by atoms with E-state index in [1.165, 1.54) is 0 Å². The van der Waals surface area contributed by atoms with Crippen LogP contribution in [0, 0.1) is 0 Å². The first kappa shape index (κ1) is 15.4. The number of aliphatic hydroxyl groups excluding tert-OH is 1. The van der Waals surface area contributed by atoms with Crippen molar-refractivity contribution in [2.24, 2.45) is 0 Å². The number of hydrogen-bond donors (Lipinski definition) is 2. The van der Waals surface area contributed by atoms with Crippen molar-refractivity contribution in [1.82, 2.24) is 5.32 Å². The van der Waals surface area contributed by atoms with Crippen LogP contribution in [0.3, 0.4) is 0 Å². The predicted octanol–water partition coefficient (Wildman–Crippen LogP) is 3.30. The molecule has 110 valence electrons. The van der Waals surface area contributed by atoms with Gasteiger partial charge in [-0.2, -0.15) is 0 Å². The van der Waals surface area contributed by atoms with Gasteiger partial charge in [0.1, 0.15) is 6.61 Å². The Bertz CT molecular complexity index is 589. The van der Waals surface area contributed by atoms with Gasteiger partial charge in [-0.15, -0.1) is 0 Å². The number of ether oxygens (including phenoxy) is 1. The van der Waals surface area contributed by atoms with Gasteiger partial charge in [0.15, 0.2) is 0 Å². The molecule has 0 aromatic heterocycles. The van der Waals surface area contributed by atoms with E-state index in [0.29, 0.717) is 10.6 Å². The monoisotopic (exact) mass is 305 g/mol. The maximum atomic E-state index is 11.5. The molecule has 0 radical (unpaired) electrons. The van der Waals surface area contributed by atoms with Gasteiger partial charge in [0.05, 0.1) is 12.6 Å². The van der Waals surface area contributed by atoms with Crippen molar-refractivity contribution < 1.29 is 14.6 Å². The van der Waals surface area contributed by atoms with Crippen molar-refractivity contribution in [1.29, 1.82) is 0 Å². The molecule has 4 nitrogen and oxygen atoms in total. The molecule has 0 aliphatic carbocycles. The maximum absolute atomic E-state index is 11.5. The van der Waals surface area contributed by atoms with E-state index in [9.17, 15) is 9.90 Å². The molecule has 2 N–H and O–H groups in total. The first-order valence-corrected chi connectivity index (χ1v) is 6.91. The minimum Gasteiger partial charge on any atom is -0.445 e. The molecular weight excluding hydrogens is 290 g/mol. The number of rotatable bonds is 5. The summed E-state index contributed by atoms with van der Waals surface area (Å²) in [4.78, 5) is 11.5. The Morgan fingerprint density at radius 3 is 2.67 bits per heavy atom. The van der Waals surface area contributed by atoms with E-state index in [-0.39, 0.29) is 13.2 Å². The lowest BCUT2D eigenvalue weighted by atomic mass is 10.1. The average molecular weight is 306 g/mol. The highest BCUT2D eigenvalue weighted by atomic mass is 35.5. The number of carbonyl (C=O) groups is 1. The van der Waals surface area contributed by atoms with E-state index in [1.807, 2.05) is 30.3 Å². The zero-order chi connectivity index (χ0) is 15.1. The Morgan fingerprint density at radius 2 is 1.95 bits per heavy atom. The number of amides is 1. The van der Waals surface area contributed by atoms with Gasteiger partial charge in [-0.05, 0) is 23.3 Å². The summed E-state index contributed by atoms with van der Waals surface area (Å²) in [6.45, 7) is 0.258. The van der Waals surface area contributed by atoms with Crippen LogP contribution in [0.4, 0.5) is 4.79 Å². The molecule has 2 aromatic carbocycles. The van der Waals surface area contributed by atoms with Gasteiger partial charge in [0.2, 0.25) is 0 Å². The zero-order valence-electron chi connectivity index (χ0n) is 11.3. The Hall–Kier alpha value is -2.04. The van der Waals surface area contributed by atoms with Gasteiger partial charge < -0.3 is 15.2 Å². The summed E-state index contributed by atoms with van der Waals surface area (Å²) >= 11 is 5.85. The number of alkyl carbamates (subject to hydrolysis) is 1. The fourth-order valence-corrected chi connectivity index (χ4v) is 1.98. The standard InChI is InChI=1S/C16H16ClNO3/c17-14-8-4-7-13(9-14)15(19)10-18-16(20)21-11-12-5-2-1-3-6-12/h1-9,15,19H,10-11H2,(H,18,20)/t15-/m0/s1. The normalized spacial score (nSPS) is 11.7. The first-order chi connectivity index (χ1) is 10.1. The van der Waals surface area contributed by atoms with Crippen LogP contribution < -0.4 is 5.32 Å². The van der Waals surface area contributed by atoms with E-state index in [1.54, 1.807) is 24.3 Å². The minimum absolute atomic E-state index is 0.0635. The van der Waals surface area contributed by atoms with Gasteiger partial charge in [-0.3, -0.25) is 0 Å². The van der Waals surface area contributed by atoms with Crippen LogP contribution in [0.25, 0.3) is 0 Å². The Morgan fingerprint density at radius 1 is 1.19 bits per heavy atom. The van der Waals surface area contributed by atoms with Crippen molar-refractivity contribution in [3.8, 4) is 0 Å². The number of halogens is 1. The molecule has 1 amide bonds. The number of aliphatic hydroxyl groups is 1. The molecule has 0 aliphatic rings. The van der Waals surface area contributed by atoms with Gasteiger partial charge >= 0.3 is 6.09 Å². The molecule has 0 aliphatic heterocycles. The summed E-state index contributed by atoms with van der Waals surface area (Å²) in [5.74, 6) is 0. The number of benzene rings is 2. The highest BCUT2D eigenvalue weighted by molar-refractivity contribution is 6.30. The van der Waals surface area contributed by atoms with Crippen LogP contribution in [0.5, 0.6) is 0 Å². The number of carbonyl (C=O) groups excluding carboxylic acids is 1. The molecule has 0 spiro atoms. The van der Waals surface area contributed by atoms with Crippen LogP contribution in [-0.4, -0.2) is 17.7 Å². The smallest absolute Gasteiger partial charge is 0.407 e. The van der Waals surface area contributed by atoms with Crippen LogP contribution >= 0.6 is 11.6 Å². The van der Waals surface area contributed by atoms with E-state index in [4.69, 9.17) is 16.3 Å². The molecule has 0 saturated heterocycles. The van der Waals surface area contributed by atoms with E-state index in [0.717, 1.165) is 5.56 Å². The molecule has 2 rings (SSSR count). The van der Waals surface area contributed by atoms with Crippen molar-refractivity contribution in [3.63, 3.8) is 0 Å². The number of nitrogens with one attached hydrogen (secondary N) is 1. The lowest BCUT2D eigenvalue weighted by Crippen LogP contribution is -2.28. The summed E-state index contributed by atoms with van der Waals surface area (Å²) in [5, 5.41) is 13.0. The molecule has 1 atom stereocenters. The van der Waals surface area contributed by atoms with Gasteiger partial charge in [0, 0.05) is 5.02 Å². The second-order valence-corrected chi connectivity index (χ2v) is 4.95. The molecule has 2 aromatic rings. The van der Waals surface area contributed by atoms with E-state index < -0.39 is 12.2 Å². The molecule has 0 bridgehead atoms. The van der Waals surface area contributed by atoms with E-state index in [2.05, 4.69) is 5.32 Å². The molecule has 21 heavy (non-hydrogen) atoms. The maximum Gasteiger partial charge on any atom is 0.407 e. The topological polar surface area (TPSA) is 58.6 Å². The quantitative estimate of drug-likeness (QED) is 0.891. The van der Waals surface area contributed by atoms with Crippen LogP contribution in [0.15, 0.2) is 54.6 Å². The highest BCUT2D eigenvalue weighted by Gasteiger charge is 2.10. The lowest BCUT2D eigenvalue weighted by molar-refractivity contribution is 0.126. The molecule has 0 unspecified atom stereocenters. The second kappa shape index (κ2) is 7.67. The molecular formula is C16H16ClNO3. The largest absolute Gasteiger partial charge is 0.445 e. The Kier molecular flexibility index (Phi) is 5.60. The van der Waals surface area contributed by atoms with E-state index >= 15 is 0 Å². The molecule has 0 fully saturated rings. The fraction of sp³-hybridized carbons (Fsp3) is 0.188. The van der Waals surface area contributed by atoms with Crippen molar-refractivity contribution in [2.45, 2.75) is 12.7 Å². The van der Waals surface area contributed by atoms with Gasteiger partial charge in [-0.25, -0.2) is 4.79 Å². The van der Waals surface area contributed by atoms with Crippen molar-refractivity contribution in [2.75, 3.05) is 6.54 Å². The number of hydrogen-bond acceptors (Lipinski definition) is 3.